The number of rotatable bonds is 9. The largest absolute Gasteiger partial charge is 0.493 e. The van der Waals surface area contributed by atoms with Crippen molar-refractivity contribution >= 4 is 45.7 Å². The summed E-state index contributed by atoms with van der Waals surface area (Å²) in [5, 5.41) is 13.9. The topological polar surface area (TPSA) is 112 Å². The maximum Gasteiger partial charge on any atom is 0.257 e. The molecule has 3 aromatic rings. The summed E-state index contributed by atoms with van der Waals surface area (Å²) in [6, 6.07) is 8.98. The van der Waals surface area contributed by atoms with Crippen LogP contribution in [0.4, 0.5) is 10.8 Å². The molecule has 2 N–H and O–H groups in total. The minimum Gasteiger partial charge on any atom is -0.493 e. The van der Waals surface area contributed by atoms with Gasteiger partial charge >= 0.3 is 0 Å². The van der Waals surface area contributed by atoms with Gasteiger partial charge < -0.3 is 19.5 Å². The van der Waals surface area contributed by atoms with Crippen LogP contribution in [0.15, 0.2) is 34.7 Å². The van der Waals surface area contributed by atoms with E-state index in [9.17, 15) is 9.59 Å². The highest BCUT2D eigenvalue weighted by atomic mass is 32.2. The van der Waals surface area contributed by atoms with Crippen molar-refractivity contribution in [3.63, 3.8) is 0 Å². The quantitative estimate of drug-likeness (QED) is 0.341. The predicted molar refractivity (Wildman–Crippen MR) is 129 cm³/mol. The number of benzene rings is 2. The van der Waals surface area contributed by atoms with Crippen LogP contribution in [0.3, 0.4) is 0 Å². The Kier molecular flexibility index (Phi) is 8.12. The highest BCUT2D eigenvalue weighted by Gasteiger charge is 2.18. The summed E-state index contributed by atoms with van der Waals surface area (Å²) in [7, 11) is 4.44. The Morgan fingerprint density at radius 3 is 2.30 bits per heavy atom. The normalized spacial score (nSPS) is 10.5. The molecule has 0 aliphatic rings. The van der Waals surface area contributed by atoms with E-state index >= 15 is 0 Å². The fraction of sp³-hybridized carbons (Fsp3) is 0.273. The number of hydrogen-bond acceptors (Lipinski definition) is 9. The van der Waals surface area contributed by atoms with Crippen molar-refractivity contribution in [2.45, 2.75) is 18.2 Å². The van der Waals surface area contributed by atoms with Gasteiger partial charge in [-0.15, -0.1) is 10.2 Å². The fourth-order valence-electron chi connectivity index (χ4n) is 2.88. The second-order valence-electron chi connectivity index (χ2n) is 6.90. The summed E-state index contributed by atoms with van der Waals surface area (Å²) < 4.78 is 16.4. The third-order valence-corrected chi connectivity index (χ3v) is 6.52. The molecule has 9 nitrogen and oxygen atoms in total. The first-order valence-electron chi connectivity index (χ1n) is 9.79. The minimum absolute atomic E-state index is 0.146. The Morgan fingerprint density at radius 2 is 1.67 bits per heavy atom. The van der Waals surface area contributed by atoms with Crippen molar-refractivity contribution in [3.8, 4) is 17.2 Å². The van der Waals surface area contributed by atoms with Crippen molar-refractivity contribution < 1.29 is 23.8 Å². The Labute approximate surface area is 199 Å². The predicted octanol–water partition coefficient (Wildman–Crippen LogP) is 4.16. The van der Waals surface area contributed by atoms with Crippen LogP contribution in [0.5, 0.6) is 17.2 Å². The van der Waals surface area contributed by atoms with Gasteiger partial charge in [0.1, 0.15) is 0 Å². The molecule has 11 heteroatoms. The number of amides is 2. The number of nitrogens with zero attached hydrogens (tertiary/aromatic N) is 2. The monoisotopic (exact) mass is 488 g/mol. The molecule has 0 spiro atoms. The minimum atomic E-state index is -0.408. The lowest BCUT2D eigenvalue weighted by Gasteiger charge is -2.13. The highest BCUT2D eigenvalue weighted by Crippen LogP contribution is 2.38. The first-order valence-corrected chi connectivity index (χ1v) is 11.6. The zero-order valence-electron chi connectivity index (χ0n) is 18.8. The lowest BCUT2D eigenvalue weighted by Crippen LogP contribution is -2.14. The molecule has 1 aromatic heterocycles. The lowest BCUT2D eigenvalue weighted by atomic mass is 10.1. The number of anilines is 2. The molecular formula is C22H24N4O5S2. The smallest absolute Gasteiger partial charge is 0.257 e. The summed E-state index contributed by atoms with van der Waals surface area (Å²) in [6.07, 6.45) is 0. The molecular weight excluding hydrogens is 464 g/mol. The number of hydrogen-bond donors (Lipinski definition) is 2. The molecule has 0 fully saturated rings. The van der Waals surface area contributed by atoms with E-state index in [0.29, 0.717) is 32.3 Å². The number of methoxy groups -OCH3 is 3. The van der Waals surface area contributed by atoms with Gasteiger partial charge in [0.2, 0.25) is 16.8 Å². The fourth-order valence-corrected chi connectivity index (χ4v) is 4.43. The van der Waals surface area contributed by atoms with Crippen LogP contribution in [0.25, 0.3) is 0 Å². The highest BCUT2D eigenvalue weighted by molar-refractivity contribution is 8.01. The van der Waals surface area contributed by atoms with Crippen molar-refractivity contribution in [2.24, 2.45) is 0 Å². The van der Waals surface area contributed by atoms with Crippen LogP contribution in [-0.4, -0.2) is 49.1 Å². The average Bonchev–Trinajstić information content (AvgIpc) is 3.26. The third-order valence-electron chi connectivity index (χ3n) is 4.55. The molecule has 0 radical (unpaired) electrons. The van der Waals surface area contributed by atoms with Crippen LogP contribution in [0.1, 0.15) is 21.5 Å². The summed E-state index contributed by atoms with van der Waals surface area (Å²) in [5.74, 6) is 0.741. The Balaban J connectivity index is 1.61. The van der Waals surface area contributed by atoms with Crippen LogP contribution < -0.4 is 24.8 Å². The maximum atomic E-state index is 12.7. The van der Waals surface area contributed by atoms with E-state index in [1.165, 1.54) is 44.4 Å². The van der Waals surface area contributed by atoms with E-state index in [0.717, 1.165) is 16.8 Å². The van der Waals surface area contributed by atoms with Crippen LogP contribution in [0.2, 0.25) is 0 Å². The van der Waals surface area contributed by atoms with Crippen LogP contribution in [0, 0.1) is 13.8 Å². The van der Waals surface area contributed by atoms with E-state index < -0.39 is 5.91 Å². The average molecular weight is 489 g/mol. The van der Waals surface area contributed by atoms with Gasteiger partial charge in [0.05, 0.1) is 27.1 Å². The number of ether oxygens (including phenoxy) is 3. The standard InChI is InChI=1S/C22H24N4O5S2/c1-12-6-7-13(2)15(8-12)23-18(27)11-32-22-26-25-21(33-22)24-20(28)14-9-16(29-3)19(31-5)17(10-14)30-4/h6-10H,11H2,1-5H3,(H,23,27)(H,24,25,28). The van der Waals surface area contributed by atoms with E-state index in [1.807, 2.05) is 32.0 Å². The summed E-state index contributed by atoms with van der Waals surface area (Å²) in [4.78, 5) is 25.0. The Hall–Kier alpha value is -3.31. The van der Waals surface area contributed by atoms with Crippen molar-refractivity contribution in [1.82, 2.24) is 10.2 Å². The number of nitrogens with one attached hydrogen (secondary N) is 2. The first-order chi connectivity index (χ1) is 15.8. The molecule has 0 atom stereocenters. The summed E-state index contributed by atoms with van der Waals surface area (Å²) in [6.45, 7) is 3.91. The molecule has 0 saturated carbocycles. The summed E-state index contributed by atoms with van der Waals surface area (Å²) in [5.41, 5.74) is 3.16. The maximum absolute atomic E-state index is 12.7. The van der Waals surface area contributed by atoms with Gasteiger partial charge in [-0.05, 0) is 43.2 Å². The van der Waals surface area contributed by atoms with Gasteiger partial charge in [-0.25, -0.2) is 0 Å². The van der Waals surface area contributed by atoms with Crippen molar-refractivity contribution in [3.05, 3.63) is 47.0 Å². The molecule has 2 amide bonds. The zero-order valence-corrected chi connectivity index (χ0v) is 20.5. The van der Waals surface area contributed by atoms with E-state index in [4.69, 9.17) is 14.2 Å². The van der Waals surface area contributed by atoms with E-state index in [1.54, 1.807) is 12.1 Å². The molecule has 0 bridgehead atoms. The van der Waals surface area contributed by atoms with Gasteiger partial charge in [-0.2, -0.15) is 0 Å². The van der Waals surface area contributed by atoms with Gasteiger partial charge in [-0.3, -0.25) is 14.9 Å². The van der Waals surface area contributed by atoms with E-state index in [2.05, 4.69) is 20.8 Å². The van der Waals surface area contributed by atoms with Crippen molar-refractivity contribution in [2.75, 3.05) is 37.7 Å². The number of carbonyl (C=O) groups excluding carboxylic acids is 2. The number of thioether (sulfide) groups is 1. The SMILES string of the molecule is COc1cc(C(=O)Nc2nnc(SCC(=O)Nc3cc(C)ccc3C)s2)cc(OC)c1OC. The Bertz CT molecular complexity index is 1140. The third kappa shape index (κ3) is 6.14. The molecule has 2 aromatic carbocycles. The van der Waals surface area contributed by atoms with Crippen LogP contribution in [-0.2, 0) is 4.79 Å². The molecule has 0 saturated heterocycles. The van der Waals surface area contributed by atoms with Gasteiger partial charge in [-0.1, -0.05) is 35.2 Å². The second-order valence-corrected chi connectivity index (χ2v) is 9.10. The van der Waals surface area contributed by atoms with Gasteiger partial charge in [0.15, 0.2) is 15.8 Å². The van der Waals surface area contributed by atoms with Crippen molar-refractivity contribution in [1.29, 1.82) is 0 Å². The number of aromatic nitrogens is 2. The lowest BCUT2D eigenvalue weighted by molar-refractivity contribution is -0.113. The molecule has 0 aliphatic heterocycles. The number of aryl methyl sites for hydroxylation is 2. The molecule has 1 heterocycles. The van der Waals surface area contributed by atoms with Gasteiger partial charge in [0.25, 0.3) is 5.91 Å². The Morgan fingerprint density at radius 1 is 0.970 bits per heavy atom. The molecule has 0 unspecified atom stereocenters. The second kappa shape index (κ2) is 11.0. The molecule has 33 heavy (non-hydrogen) atoms. The number of carbonyl (C=O) groups is 2. The van der Waals surface area contributed by atoms with E-state index in [-0.39, 0.29) is 11.7 Å². The molecule has 174 valence electrons. The summed E-state index contributed by atoms with van der Waals surface area (Å²) >= 11 is 2.42. The first kappa shape index (κ1) is 24.3. The van der Waals surface area contributed by atoms with Crippen LogP contribution >= 0.6 is 23.1 Å². The molecule has 3 rings (SSSR count). The zero-order chi connectivity index (χ0) is 24.0. The van der Waals surface area contributed by atoms with Gasteiger partial charge in [0, 0.05) is 11.3 Å². The molecule has 0 aliphatic carbocycles.